The summed E-state index contributed by atoms with van der Waals surface area (Å²) in [4.78, 5) is 0. The molecule has 0 saturated carbocycles. The van der Waals surface area contributed by atoms with Gasteiger partial charge in [0.2, 0.25) is 0 Å². The second-order valence-electron chi connectivity index (χ2n) is 10.2. The highest BCUT2D eigenvalue weighted by Crippen LogP contribution is 2.16. The van der Waals surface area contributed by atoms with Crippen LogP contribution < -0.4 is 0 Å². The summed E-state index contributed by atoms with van der Waals surface area (Å²) in [6.45, 7) is 2.30. The molecule has 0 unspecified atom stereocenters. The van der Waals surface area contributed by atoms with Gasteiger partial charge in [-0.25, -0.2) is 0 Å². The fourth-order valence-corrected chi connectivity index (χ4v) is 4.74. The molecule has 0 aromatic carbocycles. The van der Waals surface area contributed by atoms with Gasteiger partial charge in [-0.15, -0.1) is 0 Å². The van der Waals surface area contributed by atoms with Crippen molar-refractivity contribution in [2.75, 3.05) is 0 Å². The molecule has 0 spiro atoms. The van der Waals surface area contributed by atoms with Crippen LogP contribution >= 0.6 is 0 Å². The van der Waals surface area contributed by atoms with Crippen molar-refractivity contribution in [2.24, 2.45) is 0 Å². The van der Waals surface area contributed by atoms with Crippen LogP contribution in [0.3, 0.4) is 0 Å². The van der Waals surface area contributed by atoms with Crippen LogP contribution in [0.5, 0.6) is 0 Å². The molecule has 0 atom stereocenters. The zero-order valence-electron chi connectivity index (χ0n) is 21.9. The first-order valence-corrected chi connectivity index (χ1v) is 14.9. The van der Waals surface area contributed by atoms with Crippen LogP contribution in [0.15, 0.2) is 0 Å². The van der Waals surface area contributed by atoms with Gasteiger partial charge in [0, 0.05) is 0 Å². The third-order valence-corrected chi connectivity index (χ3v) is 6.95. The lowest BCUT2D eigenvalue weighted by Gasteiger charge is -2.04. The van der Waals surface area contributed by atoms with Gasteiger partial charge in [-0.3, -0.25) is 0 Å². The SMILES string of the molecule is CCCCCCCCCCCCCCCCCCCCCCCCCCCCCC=N. The second kappa shape index (κ2) is 29.7. The molecule has 0 saturated heterocycles. The monoisotopic (exact) mass is 435 g/mol. The lowest BCUT2D eigenvalue weighted by Crippen LogP contribution is -1.85. The number of hydrogen-bond donors (Lipinski definition) is 1. The van der Waals surface area contributed by atoms with Crippen LogP contribution in [0.25, 0.3) is 0 Å². The van der Waals surface area contributed by atoms with Crippen LogP contribution in [0, 0.1) is 5.41 Å². The summed E-state index contributed by atoms with van der Waals surface area (Å²) in [6, 6.07) is 0. The van der Waals surface area contributed by atoms with E-state index >= 15 is 0 Å². The summed E-state index contributed by atoms with van der Waals surface area (Å²) in [7, 11) is 0. The molecule has 1 nitrogen and oxygen atoms in total. The maximum absolute atomic E-state index is 7.02. The van der Waals surface area contributed by atoms with Crippen molar-refractivity contribution in [1.29, 1.82) is 5.41 Å². The topological polar surface area (TPSA) is 23.9 Å². The number of nitrogens with one attached hydrogen (secondary N) is 1. The van der Waals surface area contributed by atoms with Gasteiger partial charge in [-0.05, 0) is 19.1 Å². The summed E-state index contributed by atoms with van der Waals surface area (Å²) in [5.41, 5.74) is 0. The Morgan fingerprint density at radius 3 is 0.710 bits per heavy atom. The molecule has 0 fully saturated rings. The molecule has 0 aromatic heterocycles. The molecule has 0 aromatic rings. The van der Waals surface area contributed by atoms with Crippen LogP contribution in [0.2, 0.25) is 0 Å². The molecule has 0 heterocycles. The first-order chi connectivity index (χ1) is 15.4. The van der Waals surface area contributed by atoms with Gasteiger partial charge in [0.25, 0.3) is 0 Å². The van der Waals surface area contributed by atoms with E-state index in [1.807, 2.05) is 0 Å². The Hall–Kier alpha value is -0.330. The summed E-state index contributed by atoms with van der Waals surface area (Å²) in [6.07, 6.45) is 41.7. The summed E-state index contributed by atoms with van der Waals surface area (Å²) in [5.74, 6) is 0. The highest BCUT2D eigenvalue weighted by Gasteiger charge is 1.96. The normalized spacial score (nSPS) is 11.3. The molecule has 0 aliphatic heterocycles. The van der Waals surface area contributed by atoms with Crippen molar-refractivity contribution in [2.45, 2.75) is 187 Å². The minimum absolute atomic E-state index is 0.986. The van der Waals surface area contributed by atoms with E-state index in [4.69, 9.17) is 5.41 Å². The Morgan fingerprint density at radius 1 is 0.323 bits per heavy atom. The molecule has 0 radical (unpaired) electrons. The van der Waals surface area contributed by atoms with Gasteiger partial charge in [-0.2, -0.15) is 0 Å². The maximum Gasteiger partial charge on any atom is -0.00477 e. The van der Waals surface area contributed by atoms with Gasteiger partial charge >= 0.3 is 0 Å². The Morgan fingerprint density at radius 2 is 0.516 bits per heavy atom. The maximum atomic E-state index is 7.02. The predicted molar refractivity (Wildman–Crippen MR) is 144 cm³/mol. The van der Waals surface area contributed by atoms with E-state index in [0.717, 1.165) is 6.42 Å². The van der Waals surface area contributed by atoms with E-state index in [0.29, 0.717) is 0 Å². The van der Waals surface area contributed by atoms with E-state index < -0.39 is 0 Å². The molecular weight excluding hydrogens is 374 g/mol. The molecule has 0 bridgehead atoms. The zero-order chi connectivity index (χ0) is 22.5. The molecule has 1 heteroatoms. The van der Waals surface area contributed by atoms with Gasteiger partial charge in [0.05, 0.1) is 0 Å². The van der Waals surface area contributed by atoms with Crippen molar-refractivity contribution in [3.63, 3.8) is 0 Å². The largest absolute Gasteiger partial charge is 0.313 e. The van der Waals surface area contributed by atoms with E-state index in [1.54, 1.807) is 6.21 Å². The minimum Gasteiger partial charge on any atom is -0.313 e. The highest BCUT2D eigenvalue weighted by atomic mass is 14.3. The summed E-state index contributed by atoms with van der Waals surface area (Å²) >= 11 is 0. The van der Waals surface area contributed by atoms with Gasteiger partial charge in [-0.1, -0.05) is 174 Å². The van der Waals surface area contributed by atoms with E-state index in [9.17, 15) is 0 Å². The van der Waals surface area contributed by atoms with Crippen LogP contribution in [0.1, 0.15) is 187 Å². The highest BCUT2D eigenvalue weighted by molar-refractivity contribution is 5.52. The average Bonchev–Trinajstić information content (AvgIpc) is 2.78. The van der Waals surface area contributed by atoms with Crippen LogP contribution in [0.4, 0.5) is 0 Å². The van der Waals surface area contributed by atoms with E-state index in [1.165, 1.54) is 173 Å². The fraction of sp³-hybridized carbons (Fsp3) is 0.967. The number of unbranched alkanes of at least 4 members (excludes halogenated alkanes) is 27. The Bertz CT molecular complexity index is 312. The first kappa shape index (κ1) is 30.7. The number of rotatable bonds is 28. The standard InChI is InChI=1S/C30H61N/c1-2-3-4-5-6-7-8-9-10-11-12-13-14-15-16-17-18-19-20-21-22-23-24-25-26-27-28-29-30-31/h30-31H,2-29H2,1H3. The van der Waals surface area contributed by atoms with Crippen molar-refractivity contribution in [1.82, 2.24) is 0 Å². The van der Waals surface area contributed by atoms with E-state index in [-0.39, 0.29) is 0 Å². The minimum atomic E-state index is 0.986. The van der Waals surface area contributed by atoms with Gasteiger partial charge in [0.1, 0.15) is 0 Å². The summed E-state index contributed by atoms with van der Waals surface area (Å²) < 4.78 is 0. The zero-order valence-corrected chi connectivity index (χ0v) is 21.9. The average molecular weight is 436 g/mol. The molecule has 0 aliphatic carbocycles. The molecule has 0 aliphatic rings. The van der Waals surface area contributed by atoms with Crippen LogP contribution in [-0.2, 0) is 0 Å². The third kappa shape index (κ3) is 29.7. The number of hydrogen-bond acceptors (Lipinski definition) is 1. The third-order valence-electron chi connectivity index (χ3n) is 6.95. The molecule has 186 valence electrons. The van der Waals surface area contributed by atoms with Crippen molar-refractivity contribution in [3.8, 4) is 0 Å². The molecular formula is C30H61N. The Balaban J connectivity index is 2.98. The quantitative estimate of drug-likeness (QED) is 0.0932. The van der Waals surface area contributed by atoms with Gasteiger partial charge in [0.15, 0.2) is 0 Å². The molecule has 1 N–H and O–H groups in total. The van der Waals surface area contributed by atoms with Crippen molar-refractivity contribution < 1.29 is 0 Å². The summed E-state index contributed by atoms with van der Waals surface area (Å²) in [5, 5.41) is 7.02. The van der Waals surface area contributed by atoms with Crippen LogP contribution in [-0.4, -0.2) is 6.21 Å². The molecule has 0 rings (SSSR count). The first-order valence-electron chi connectivity index (χ1n) is 14.9. The Labute approximate surface area is 198 Å². The Kier molecular flexibility index (Phi) is 29.4. The molecule has 31 heavy (non-hydrogen) atoms. The smallest absolute Gasteiger partial charge is 0.00477 e. The second-order valence-corrected chi connectivity index (χ2v) is 10.2. The van der Waals surface area contributed by atoms with Crippen molar-refractivity contribution in [3.05, 3.63) is 0 Å². The lowest BCUT2D eigenvalue weighted by atomic mass is 10.0. The molecule has 0 amide bonds. The predicted octanol–water partition coefficient (Wildman–Crippen LogP) is 11.6. The fourth-order valence-electron chi connectivity index (χ4n) is 4.74. The van der Waals surface area contributed by atoms with E-state index in [2.05, 4.69) is 6.92 Å². The van der Waals surface area contributed by atoms with Crippen molar-refractivity contribution >= 4 is 6.21 Å². The lowest BCUT2D eigenvalue weighted by molar-refractivity contribution is 0.515. The van der Waals surface area contributed by atoms with Gasteiger partial charge < -0.3 is 5.41 Å².